The Balaban J connectivity index is 1.48. The molecule has 0 radical (unpaired) electrons. The number of rotatable bonds is 3. The first-order chi connectivity index (χ1) is 13.0. The van der Waals surface area contributed by atoms with E-state index >= 15 is 0 Å². The zero-order valence-corrected chi connectivity index (χ0v) is 15.4. The number of fused-ring (bicyclic) bond motifs is 3. The molecule has 1 heterocycles. The maximum Gasteiger partial charge on any atom is 0.409 e. The highest BCUT2D eigenvalue weighted by Gasteiger charge is 2.43. The summed E-state index contributed by atoms with van der Waals surface area (Å²) in [7, 11) is 0. The van der Waals surface area contributed by atoms with E-state index in [4.69, 9.17) is 4.74 Å². The third-order valence-corrected chi connectivity index (χ3v) is 5.91. The minimum Gasteiger partial charge on any atom is -0.448 e. The van der Waals surface area contributed by atoms with Crippen molar-refractivity contribution < 1.29 is 19.0 Å². The Kier molecular flexibility index (Phi) is 4.64. The molecule has 1 saturated heterocycles. The zero-order chi connectivity index (χ0) is 19.0. The van der Waals surface area contributed by atoms with E-state index in [1.807, 2.05) is 24.3 Å². The van der Waals surface area contributed by atoms with Crippen molar-refractivity contribution in [3.63, 3.8) is 0 Å². The zero-order valence-electron chi connectivity index (χ0n) is 15.4. The van der Waals surface area contributed by atoms with Crippen LogP contribution in [0.5, 0.6) is 0 Å². The van der Waals surface area contributed by atoms with Gasteiger partial charge >= 0.3 is 6.09 Å². The summed E-state index contributed by atoms with van der Waals surface area (Å²) in [4.78, 5) is 13.9. The van der Waals surface area contributed by atoms with Crippen molar-refractivity contribution in [1.29, 1.82) is 0 Å². The Morgan fingerprint density at radius 1 is 1.19 bits per heavy atom. The minimum atomic E-state index is -1.76. The summed E-state index contributed by atoms with van der Waals surface area (Å²) in [5, 5.41) is 9.89. The number of likely N-dealkylation sites (tertiary alicyclic amines) is 1. The average molecular weight is 369 g/mol. The van der Waals surface area contributed by atoms with Crippen molar-refractivity contribution in [2.24, 2.45) is 0 Å². The van der Waals surface area contributed by atoms with Gasteiger partial charge < -0.3 is 14.7 Å². The number of hydrogen-bond donors (Lipinski definition) is 1. The van der Waals surface area contributed by atoms with E-state index in [9.17, 15) is 14.3 Å². The fourth-order valence-electron chi connectivity index (χ4n) is 4.23. The number of halogens is 1. The smallest absolute Gasteiger partial charge is 0.409 e. The van der Waals surface area contributed by atoms with Crippen LogP contribution in [0.15, 0.2) is 48.5 Å². The van der Waals surface area contributed by atoms with Gasteiger partial charge in [-0.25, -0.2) is 9.18 Å². The van der Waals surface area contributed by atoms with Gasteiger partial charge in [-0.2, -0.15) is 0 Å². The van der Waals surface area contributed by atoms with E-state index in [1.165, 1.54) is 16.0 Å². The van der Waals surface area contributed by atoms with Gasteiger partial charge in [0.2, 0.25) is 0 Å². The van der Waals surface area contributed by atoms with Gasteiger partial charge in [0.1, 0.15) is 6.61 Å². The summed E-state index contributed by atoms with van der Waals surface area (Å²) >= 11 is 0. The Bertz CT molecular complexity index is 809. The number of carbonyl (C=O) groups excluding carboxylic acids is 1. The van der Waals surface area contributed by atoms with Crippen LogP contribution in [0.3, 0.4) is 0 Å². The second-order valence-electron chi connectivity index (χ2n) is 7.42. The summed E-state index contributed by atoms with van der Waals surface area (Å²) in [6.07, 6.45) is -1.14. The van der Waals surface area contributed by atoms with Crippen LogP contribution in [-0.2, 0) is 4.74 Å². The van der Waals surface area contributed by atoms with Crippen LogP contribution < -0.4 is 0 Å². The van der Waals surface area contributed by atoms with Gasteiger partial charge in [-0.15, -0.1) is 0 Å². The normalized spacial score (nSPS) is 24.4. The molecule has 0 saturated carbocycles. The SMILES string of the molecule is CC[C@@]1(F)CN(C(=O)OCC2c3ccccc3-c3ccccc32)CC[C@H]1O. The topological polar surface area (TPSA) is 49.8 Å². The van der Waals surface area contributed by atoms with Crippen LogP contribution in [0.25, 0.3) is 11.1 Å². The van der Waals surface area contributed by atoms with E-state index in [0.29, 0.717) is 6.54 Å². The molecular weight excluding hydrogens is 345 g/mol. The monoisotopic (exact) mass is 369 g/mol. The Morgan fingerprint density at radius 3 is 2.37 bits per heavy atom. The Hall–Kier alpha value is -2.40. The number of carbonyl (C=O) groups is 1. The van der Waals surface area contributed by atoms with Gasteiger partial charge in [0.05, 0.1) is 12.6 Å². The summed E-state index contributed by atoms with van der Waals surface area (Å²) < 4.78 is 20.3. The number of ether oxygens (including phenoxy) is 1. The molecule has 2 aromatic carbocycles. The second kappa shape index (κ2) is 6.97. The number of aliphatic hydroxyl groups is 1. The van der Waals surface area contributed by atoms with Gasteiger partial charge in [0.25, 0.3) is 0 Å². The standard InChI is InChI=1S/C22H24FNO3/c1-2-22(23)14-24(12-11-20(22)25)21(26)27-13-19-17-9-5-3-7-15(17)16-8-4-6-10-18(16)19/h3-10,19-20,25H,2,11-14H2,1H3/t20-,22-/m1/s1. The maximum absolute atomic E-state index is 14.7. The summed E-state index contributed by atoms with van der Waals surface area (Å²) in [5.41, 5.74) is 2.88. The van der Waals surface area contributed by atoms with E-state index in [0.717, 1.165) is 11.1 Å². The molecule has 1 amide bonds. The van der Waals surface area contributed by atoms with E-state index in [-0.39, 0.29) is 31.9 Å². The number of hydrogen-bond acceptors (Lipinski definition) is 3. The lowest BCUT2D eigenvalue weighted by Crippen LogP contribution is -2.55. The highest BCUT2D eigenvalue weighted by atomic mass is 19.1. The van der Waals surface area contributed by atoms with Gasteiger partial charge in [-0.1, -0.05) is 55.5 Å². The first-order valence-corrected chi connectivity index (χ1v) is 9.50. The second-order valence-corrected chi connectivity index (χ2v) is 7.42. The first kappa shape index (κ1) is 18.0. The molecule has 0 bridgehead atoms. The Labute approximate surface area is 158 Å². The van der Waals surface area contributed by atoms with Crippen molar-refractivity contribution in [2.45, 2.75) is 37.5 Å². The number of piperidine rings is 1. The largest absolute Gasteiger partial charge is 0.448 e. The molecule has 5 heteroatoms. The van der Waals surface area contributed by atoms with E-state index in [2.05, 4.69) is 24.3 Å². The van der Waals surface area contributed by atoms with Gasteiger partial charge in [-0.05, 0) is 35.1 Å². The third-order valence-electron chi connectivity index (χ3n) is 5.91. The first-order valence-electron chi connectivity index (χ1n) is 9.50. The summed E-state index contributed by atoms with van der Waals surface area (Å²) in [5.74, 6) is -0.0157. The molecule has 2 aromatic rings. The van der Waals surface area contributed by atoms with Crippen molar-refractivity contribution in [3.8, 4) is 11.1 Å². The molecule has 2 atom stereocenters. The van der Waals surface area contributed by atoms with Gasteiger partial charge in [0.15, 0.2) is 5.67 Å². The number of alkyl halides is 1. The van der Waals surface area contributed by atoms with E-state index in [1.54, 1.807) is 6.92 Å². The molecular formula is C22H24FNO3. The average Bonchev–Trinajstić information content (AvgIpc) is 3.02. The van der Waals surface area contributed by atoms with Gasteiger partial charge in [0, 0.05) is 12.5 Å². The molecule has 1 fully saturated rings. The predicted octanol–water partition coefficient (Wildman–Crippen LogP) is 4.12. The van der Waals surface area contributed by atoms with Crippen LogP contribution in [0.1, 0.15) is 36.8 Å². The van der Waals surface area contributed by atoms with Crippen LogP contribution in [0.2, 0.25) is 0 Å². The predicted molar refractivity (Wildman–Crippen MR) is 101 cm³/mol. The van der Waals surface area contributed by atoms with Crippen LogP contribution in [0.4, 0.5) is 9.18 Å². The van der Waals surface area contributed by atoms with Crippen LogP contribution in [-0.4, -0.2) is 47.6 Å². The van der Waals surface area contributed by atoms with E-state index < -0.39 is 17.9 Å². The number of benzene rings is 2. The number of aliphatic hydroxyl groups excluding tert-OH is 1. The minimum absolute atomic E-state index is 0.0157. The molecule has 1 aliphatic heterocycles. The molecule has 0 unspecified atom stereocenters. The molecule has 4 rings (SSSR count). The quantitative estimate of drug-likeness (QED) is 0.885. The highest BCUT2D eigenvalue weighted by Crippen LogP contribution is 2.44. The van der Waals surface area contributed by atoms with Gasteiger partial charge in [-0.3, -0.25) is 0 Å². The molecule has 2 aliphatic rings. The molecule has 1 N–H and O–H groups in total. The molecule has 142 valence electrons. The van der Waals surface area contributed by atoms with Crippen molar-refractivity contribution in [1.82, 2.24) is 4.90 Å². The lowest BCUT2D eigenvalue weighted by Gasteiger charge is -2.39. The Morgan fingerprint density at radius 2 is 1.78 bits per heavy atom. The number of nitrogens with zero attached hydrogens (tertiary/aromatic N) is 1. The molecule has 0 spiro atoms. The van der Waals surface area contributed by atoms with Crippen LogP contribution >= 0.6 is 0 Å². The molecule has 4 nitrogen and oxygen atoms in total. The number of amides is 1. The third kappa shape index (κ3) is 3.10. The molecule has 1 aliphatic carbocycles. The molecule has 0 aromatic heterocycles. The highest BCUT2D eigenvalue weighted by molar-refractivity contribution is 5.79. The van der Waals surface area contributed by atoms with Crippen molar-refractivity contribution >= 4 is 6.09 Å². The summed E-state index contributed by atoms with van der Waals surface area (Å²) in [6.45, 7) is 2.09. The lowest BCUT2D eigenvalue weighted by molar-refractivity contribution is -0.0667. The summed E-state index contributed by atoms with van der Waals surface area (Å²) in [6, 6.07) is 16.3. The maximum atomic E-state index is 14.7. The molecule has 27 heavy (non-hydrogen) atoms. The van der Waals surface area contributed by atoms with Crippen molar-refractivity contribution in [3.05, 3.63) is 59.7 Å². The fraction of sp³-hybridized carbons (Fsp3) is 0.409. The fourth-order valence-corrected chi connectivity index (χ4v) is 4.23. The van der Waals surface area contributed by atoms with Crippen molar-refractivity contribution in [2.75, 3.05) is 19.7 Å². The lowest BCUT2D eigenvalue weighted by atomic mass is 9.89. The van der Waals surface area contributed by atoms with Crippen LogP contribution in [0, 0.1) is 0 Å².